The van der Waals surface area contributed by atoms with Crippen molar-refractivity contribution in [1.82, 2.24) is 14.8 Å². The number of aromatic nitrogens is 3. The van der Waals surface area contributed by atoms with Gasteiger partial charge in [0.25, 0.3) is 0 Å². The number of fused-ring (bicyclic) bond motifs is 1. The fourth-order valence-corrected chi connectivity index (χ4v) is 3.24. The first-order valence-electron chi connectivity index (χ1n) is 6.95. The lowest BCUT2D eigenvalue weighted by molar-refractivity contribution is 0.712. The van der Waals surface area contributed by atoms with Gasteiger partial charge < -0.3 is 4.57 Å². The molecule has 1 aromatic heterocycles. The number of halogens is 2. The number of rotatable bonds is 3. The van der Waals surface area contributed by atoms with E-state index in [0.717, 1.165) is 21.7 Å². The summed E-state index contributed by atoms with van der Waals surface area (Å²) in [6.07, 6.45) is 2.38. The van der Waals surface area contributed by atoms with Crippen LogP contribution in [0.2, 0.25) is 0 Å². The second kappa shape index (κ2) is 5.11. The third kappa shape index (κ3) is 2.36. The van der Waals surface area contributed by atoms with Crippen LogP contribution in [0.3, 0.4) is 0 Å². The molecule has 1 saturated carbocycles. The van der Waals surface area contributed by atoms with Gasteiger partial charge in [-0.1, -0.05) is 34.1 Å². The lowest BCUT2D eigenvalue weighted by Gasteiger charge is -2.08. The summed E-state index contributed by atoms with van der Waals surface area (Å²) in [5.41, 5.74) is 1.10. The molecule has 0 spiro atoms. The van der Waals surface area contributed by atoms with Crippen molar-refractivity contribution in [3.63, 3.8) is 0 Å². The Balaban J connectivity index is 1.86. The Hall–Kier alpha value is -1.39. The Labute approximate surface area is 136 Å². The maximum atomic E-state index is 5.99. The molecule has 106 valence electrons. The number of nitrogens with zero attached hydrogens (tertiary/aromatic N) is 3. The normalized spacial score (nSPS) is 14.8. The molecule has 2 aromatic carbocycles. The molecule has 0 amide bonds. The molecule has 1 heterocycles. The molecule has 3 aromatic rings. The second-order valence-electron chi connectivity index (χ2n) is 5.38. The molecule has 21 heavy (non-hydrogen) atoms. The lowest BCUT2D eigenvalue weighted by atomic mass is 10.1. The van der Waals surface area contributed by atoms with Gasteiger partial charge in [0.15, 0.2) is 5.82 Å². The van der Waals surface area contributed by atoms with Crippen LogP contribution in [0.4, 0.5) is 0 Å². The van der Waals surface area contributed by atoms with Crippen LogP contribution in [0, 0.1) is 0 Å². The van der Waals surface area contributed by atoms with Crippen LogP contribution in [0.25, 0.3) is 22.2 Å². The summed E-state index contributed by atoms with van der Waals surface area (Å²) < 4.78 is 3.29. The molecule has 3 nitrogen and oxygen atoms in total. The van der Waals surface area contributed by atoms with Gasteiger partial charge in [-0.05, 0) is 41.8 Å². The van der Waals surface area contributed by atoms with E-state index in [1.807, 2.05) is 0 Å². The SMILES string of the molecule is ClCc1nnc(-c2ccc3cc(Br)ccc3c2)n1C1CC1. The Morgan fingerprint density at radius 1 is 1.10 bits per heavy atom. The Bertz CT molecular complexity index is 824. The summed E-state index contributed by atoms with van der Waals surface area (Å²) >= 11 is 9.49. The Kier molecular flexibility index (Phi) is 3.23. The van der Waals surface area contributed by atoms with Crippen molar-refractivity contribution in [3.8, 4) is 11.4 Å². The molecular weight excluding hydrogens is 350 g/mol. The Morgan fingerprint density at radius 3 is 2.62 bits per heavy atom. The minimum absolute atomic E-state index is 0.407. The first-order chi connectivity index (χ1) is 10.3. The van der Waals surface area contributed by atoms with E-state index < -0.39 is 0 Å². The van der Waals surface area contributed by atoms with E-state index in [0.29, 0.717) is 11.9 Å². The summed E-state index contributed by atoms with van der Waals surface area (Å²) in [5.74, 6) is 2.20. The van der Waals surface area contributed by atoms with E-state index in [9.17, 15) is 0 Å². The number of hydrogen-bond donors (Lipinski definition) is 0. The fraction of sp³-hybridized carbons (Fsp3) is 0.250. The first-order valence-corrected chi connectivity index (χ1v) is 8.28. The fourth-order valence-electron chi connectivity index (χ4n) is 2.68. The molecule has 1 aliphatic rings. The maximum Gasteiger partial charge on any atom is 0.164 e. The van der Waals surface area contributed by atoms with Crippen LogP contribution in [0.5, 0.6) is 0 Å². The van der Waals surface area contributed by atoms with Crippen molar-refractivity contribution < 1.29 is 0 Å². The van der Waals surface area contributed by atoms with Gasteiger partial charge in [0.05, 0.1) is 5.88 Å². The average Bonchev–Trinajstić information content (AvgIpc) is 3.25. The summed E-state index contributed by atoms with van der Waals surface area (Å²) in [6, 6.07) is 13.2. The topological polar surface area (TPSA) is 30.7 Å². The van der Waals surface area contributed by atoms with Crippen molar-refractivity contribution in [3.05, 3.63) is 46.7 Å². The zero-order valence-corrected chi connectivity index (χ0v) is 13.6. The van der Waals surface area contributed by atoms with Gasteiger partial charge in [0, 0.05) is 16.1 Å². The third-order valence-corrected chi connectivity index (χ3v) is 4.59. The quantitative estimate of drug-likeness (QED) is 0.618. The van der Waals surface area contributed by atoms with Crippen LogP contribution in [0.15, 0.2) is 40.9 Å². The van der Waals surface area contributed by atoms with Gasteiger partial charge in [-0.3, -0.25) is 0 Å². The molecule has 0 aliphatic heterocycles. The Morgan fingerprint density at radius 2 is 1.86 bits per heavy atom. The summed E-state index contributed by atoms with van der Waals surface area (Å²) in [7, 11) is 0. The summed E-state index contributed by atoms with van der Waals surface area (Å²) in [5, 5.41) is 11.0. The predicted molar refractivity (Wildman–Crippen MR) is 88.5 cm³/mol. The summed E-state index contributed by atoms with van der Waals surface area (Å²) in [4.78, 5) is 0. The van der Waals surface area contributed by atoms with Crippen molar-refractivity contribution in [2.75, 3.05) is 0 Å². The second-order valence-corrected chi connectivity index (χ2v) is 6.56. The molecule has 4 rings (SSSR count). The monoisotopic (exact) mass is 361 g/mol. The van der Waals surface area contributed by atoms with Gasteiger partial charge in [-0.2, -0.15) is 0 Å². The van der Waals surface area contributed by atoms with E-state index >= 15 is 0 Å². The molecule has 0 saturated heterocycles. The van der Waals surface area contributed by atoms with Crippen LogP contribution >= 0.6 is 27.5 Å². The van der Waals surface area contributed by atoms with Crippen molar-refractivity contribution in [2.24, 2.45) is 0 Å². The molecule has 0 radical (unpaired) electrons. The molecule has 0 atom stereocenters. The van der Waals surface area contributed by atoms with Crippen LogP contribution < -0.4 is 0 Å². The van der Waals surface area contributed by atoms with Gasteiger partial charge in [-0.15, -0.1) is 21.8 Å². The summed E-state index contributed by atoms with van der Waals surface area (Å²) in [6.45, 7) is 0. The van der Waals surface area contributed by atoms with Crippen molar-refractivity contribution in [1.29, 1.82) is 0 Å². The maximum absolute atomic E-state index is 5.99. The van der Waals surface area contributed by atoms with Gasteiger partial charge in [0.2, 0.25) is 0 Å². The van der Waals surface area contributed by atoms with E-state index in [2.05, 4.69) is 67.1 Å². The van der Waals surface area contributed by atoms with Gasteiger partial charge in [0.1, 0.15) is 5.82 Å². The minimum Gasteiger partial charge on any atom is -0.307 e. The lowest BCUT2D eigenvalue weighted by Crippen LogP contribution is -2.01. The highest BCUT2D eigenvalue weighted by molar-refractivity contribution is 9.10. The highest BCUT2D eigenvalue weighted by Crippen LogP contribution is 2.39. The van der Waals surface area contributed by atoms with Crippen LogP contribution in [-0.2, 0) is 5.88 Å². The molecule has 0 bridgehead atoms. The van der Waals surface area contributed by atoms with E-state index in [1.54, 1.807) is 0 Å². The molecule has 5 heteroatoms. The number of alkyl halides is 1. The zero-order chi connectivity index (χ0) is 14.4. The number of benzene rings is 2. The number of hydrogen-bond acceptors (Lipinski definition) is 2. The van der Waals surface area contributed by atoms with E-state index in [4.69, 9.17) is 11.6 Å². The van der Waals surface area contributed by atoms with E-state index in [-0.39, 0.29) is 0 Å². The molecule has 0 N–H and O–H groups in total. The minimum atomic E-state index is 0.407. The van der Waals surface area contributed by atoms with Gasteiger partial charge >= 0.3 is 0 Å². The molecule has 1 fully saturated rings. The molecule has 0 unspecified atom stereocenters. The van der Waals surface area contributed by atoms with E-state index in [1.165, 1.54) is 23.6 Å². The average molecular weight is 363 g/mol. The molecular formula is C16H13BrClN3. The highest BCUT2D eigenvalue weighted by Gasteiger charge is 2.29. The highest BCUT2D eigenvalue weighted by atomic mass is 79.9. The third-order valence-electron chi connectivity index (χ3n) is 3.86. The van der Waals surface area contributed by atoms with Crippen molar-refractivity contribution in [2.45, 2.75) is 24.8 Å². The standard InChI is InChI=1S/C16H13BrClN3/c17-13-4-3-10-7-12(2-1-11(10)8-13)16-20-19-15(9-18)21(16)14-5-6-14/h1-4,7-8,14H,5-6,9H2. The smallest absolute Gasteiger partial charge is 0.164 e. The van der Waals surface area contributed by atoms with Crippen LogP contribution in [0.1, 0.15) is 24.7 Å². The zero-order valence-electron chi connectivity index (χ0n) is 11.3. The largest absolute Gasteiger partial charge is 0.307 e. The first kappa shape index (κ1) is 13.3. The van der Waals surface area contributed by atoms with Crippen molar-refractivity contribution >= 4 is 38.3 Å². The van der Waals surface area contributed by atoms with Crippen LogP contribution in [-0.4, -0.2) is 14.8 Å². The predicted octanol–water partition coefficient (Wildman–Crippen LogP) is 4.93. The molecule has 1 aliphatic carbocycles. The van der Waals surface area contributed by atoms with Gasteiger partial charge in [-0.25, -0.2) is 0 Å².